The Morgan fingerprint density at radius 3 is 2.57 bits per heavy atom. The van der Waals surface area contributed by atoms with Gasteiger partial charge in [-0.2, -0.15) is 5.48 Å². The van der Waals surface area contributed by atoms with Gasteiger partial charge in [0.15, 0.2) is 5.58 Å². The largest absolute Gasteiger partial charge is 0.462 e. The van der Waals surface area contributed by atoms with E-state index in [0.717, 1.165) is 0 Å². The van der Waals surface area contributed by atoms with Crippen LogP contribution in [0.5, 0.6) is 0 Å². The zero-order valence-electron chi connectivity index (χ0n) is 15.2. The number of aliphatic hydroxyl groups is 3. The molecule has 0 unspecified atom stereocenters. The molecule has 0 amide bonds. The van der Waals surface area contributed by atoms with Crippen LogP contribution in [0.15, 0.2) is 40.8 Å². The van der Waals surface area contributed by atoms with Crippen molar-refractivity contribution >= 4 is 40.3 Å². The van der Waals surface area contributed by atoms with Crippen molar-refractivity contribution in [2.24, 2.45) is 0 Å². The smallest absolute Gasteiger partial charge is 0.433 e. The predicted octanol–water partition coefficient (Wildman–Crippen LogP) is 2.39. The van der Waals surface area contributed by atoms with Crippen LogP contribution in [-0.2, 0) is 14.6 Å². The van der Waals surface area contributed by atoms with Crippen molar-refractivity contribution in [3.63, 3.8) is 0 Å². The highest BCUT2D eigenvalue weighted by Gasteiger charge is 2.20. The van der Waals surface area contributed by atoms with Gasteiger partial charge >= 0.3 is 12.1 Å². The number of carbonyl (C=O) groups is 1. The van der Waals surface area contributed by atoms with Gasteiger partial charge in [0.05, 0.1) is 12.2 Å². The molecule has 0 aliphatic rings. The van der Waals surface area contributed by atoms with E-state index in [1.165, 1.54) is 6.07 Å². The Morgan fingerprint density at radius 2 is 1.87 bits per heavy atom. The average Bonchev–Trinajstić information content (AvgIpc) is 3.09. The third kappa shape index (κ3) is 6.36. The molecule has 0 fully saturated rings. The van der Waals surface area contributed by atoms with Gasteiger partial charge < -0.3 is 24.5 Å². The van der Waals surface area contributed by atoms with Crippen LogP contribution in [0.1, 0.15) is 16.8 Å². The first-order valence-electron chi connectivity index (χ1n) is 8.50. The molecule has 1 aromatic heterocycles. The number of hydrogen-bond donors (Lipinski definition) is 4. The minimum absolute atomic E-state index is 0.0401. The van der Waals surface area contributed by atoms with Crippen molar-refractivity contribution in [2.45, 2.75) is 12.6 Å². The van der Waals surface area contributed by atoms with Crippen LogP contribution in [0.4, 0.5) is 0 Å². The number of halogens is 2. The highest BCUT2D eigenvalue weighted by Crippen LogP contribution is 2.29. The zero-order valence-corrected chi connectivity index (χ0v) is 16.7. The van der Waals surface area contributed by atoms with Gasteiger partial charge in [-0.05, 0) is 42.8 Å². The fourth-order valence-electron chi connectivity index (χ4n) is 2.37. The van der Waals surface area contributed by atoms with E-state index in [1.807, 2.05) is 0 Å². The van der Waals surface area contributed by atoms with E-state index in [4.69, 9.17) is 47.7 Å². The number of hydroxylamine groups is 1. The summed E-state index contributed by atoms with van der Waals surface area (Å²) in [6.45, 7) is 0.175. The van der Waals surface area contributed by atoms with E-state index in [9.17, 15) is 4.79 Å². The van der Waals surface area contributed by atoms with Gasteiger partial charge in [-0.1, -0.05) is 23.2 Å². The lowest BCUT2D eigenvalue weighted by atomic mass is 10.2. The van der Waals surface area contributed by atoms with Crippen molar-refractivity contribution in [1.82, 2.24) is 10.5 Å². The molecule has 0 spiro atoms. The molecule has 10 nitrogen and oxygen atoms in total. The second kappa shape index (κ2) is 9.69. The van der Waals surface area contributed by atoms with Crippen LogP contribution in [0.2, 0.25) is 10.0 Å². The van der Waals surface area contributed by atoms with Crippen molar-refractivity contribution in [1.29, 1.82) is 0 Å². The Hall–Kier alpha value is -2.28. The van der Waals surface area contributed by atoms with Crippen molar-refractivity contribution in [3.8, 4) is 11.5 Å². The van der Waals surface area contributed by atoms with Gasteiger partial charge in [0.1, 0.15) is 5.52 Å². The quantitative estimate of drug-likeness (QED) is 0.124. The first-order valence-corrected chi connectivity index (χ1v) is 9.26. The van der Waals surface area contributed by atoms with Crippen molar-refractivity contribution < 1.29 is 39.1 Å². The number of nitrogens with one attached hydrogen (secondary N) is 1. The number of ether oxygens (including phenoxy) is 1. The number of carbonyl (C=O) groups excluding carboxylic acids is 1. The molecule has 0 atom stereocenters. The van der Waals surface area contributed by atoms with Crippen molar-refractivity contribution in [2.75, 3.05) is 13.2 Å². The molecular weight excluding hydrogens is 443 g/mol. The normalized spacial score (nSPS) is 11.8. The molecule has 3 aromatic rings. The monoisotopic (exact) mass is 458 g/mol. The number of fused-ring (bicyclic) bond motifs is 1. The first-order chi connectivity index (χ1) is 14.2. The Labute approximate surface area is 179 Å². The minimum atomic E-state index is -3.41. The first kappa shape index (κ1) is 22.4. The van der Waals surface area contributed by atoms with E-state index in [0.29, 0.717) is 39.0 Å². The van der Waals surface area contributed by atoms with Gasteiger partial charge in [0.2, 0.25) is 5.89 Å². The van der Waals surface area contributed by atoms with Crippen LogP contribution >= 0.6 is 23.2 Å². The lowest BCUT2D eigenvalue weighted by molar-refractivity contribution is -0.575. The van der Waals surface area contributed by atoms with Crippen LogP contribution in [0.3, 0.4) is 0 Å². The topological polar surface area (TPSA) is 144 Å². The second-order valence-electron chi connectivity index (χ2n) is 5.98. The van der Waals surface area contributed by atoms with Crippen LogP contribution in [-0.4, -0.2) is 45.6 Å². The summed E-state index contributed by atoms with van der Waals surface area (Å²) in [5, 5.41) is 26.1. The molecule has 4 N–H and O–H groups in total. The van der Waals surface area contributed by atoms with Crippen LogP contribution in [0.25, 0.3) is 22.6 Å². The number of oxazole rings is 1. The van der Waals surface area contributed by atoms with E-state index in [1.54, 1.807) is 30.3 Å². The number of rotatable bonds is 9. The van der Waals surface area contributed by atoms with Gasteiger partial charge in [0, 0.05) is 22.2 Å². The third-order valence-corrected chi connectivity index (χ3v) is 4.04. The summed E-state index contributed by atoms with van der Waals surface area (Å²) in [6, 6.07) is 9.62. The van der Waals surface area contributed by atoms with E-state index < -0.39 is 12.1 Å². The summed E-state index contributed by atoms with van der Waals surface area (Å²) in [7, 11) is 0. The maximum atomic E-state index is 12.2. The lowest BCUT2D eigenvalue weighted by Crippen LogP contribution is -2.34. The molecule has 0 bridgehead atoms. The summed E-state index contributed by atoms with van der Waals surface area (Å²) in [6.07, 6.45) is -3.09. The average molecular weight is 459 g/mol. The van der Waals surface area contributed by atoms with Crippen LogP contribution in [0, 0.1) is 0 Å². The van der Waals surface area contributed by atoms with Crippen LogP contribution < -0.4 is 5.48 Å². The molecule has 3 rings (SSSR count). The molecule has 0 aliphatic heterocycles. The molecule has 0 saturated carbocycles. The second-order valence-corrected chi connectivity index (χ2v) is 6.86. The fraction of sp³-hybridized carbons (Fsp3) is 0.222. The molecule has 12 heteroatoms. The summed E-state index contributed by atoms with van der Waals surface area (Å²) in [5.41, 5.74) is 3.98. The molecular formula is C18H16Cl2N2O8. The molecule has 0 aliphatic carbocycles. The number of aromatic nitrogens is 1. The van der Waals surface area contributed by atoms with Gasteiger partial charge in [-0.15, -0.1) is 9.88 Å². The highest BCUT2D eigenvalue weighted by molar-refractivity contribution is 6.35. The minimum Gasteiger partial charge on any atom is -0.462 e. The van der Waals surface area contributed by atoms with E-state index in [2.05, 4.69) is 20.3 Å². The molecule has 0 saturated heterocycles. The number of esters is 1. The maximum Gasteiger partial charge on any atom is 0.433 e. The Kier molecular flexibility index (Phi) is 7.23. The third-order valence-electron chi connectivity index (χ3n) is 3.60. The predicted molar refractivity (Wildman–Crippen MR) is 104 cm³/mol. The molecule has 2 aromatic carbocycles. The molecule has 1 heterocycles. The maximum absolute atomic E-state index is 12.2. The Morgan fingerprint density at radius 1 is 1.13 bits per heavy atom. The summed E-state index contributed by atoms with van der Waals surface area (Å²) < 4.78 is 10.8. The summed E-state index contributed by atoms with van der Waals surface area (Å²) in [5.74, 6) is -0.260. The van der Waals surface area contributed by atoms with E-state index >= 15 is 0 Å². The summed E-state index contributed by atoms with van der Waals surface area (Å²) in [4.78, 5) is 24.4. The molecule has 30 heavy (non-hydrogen) atoms. The van der Waals surface area contributed by atoms with Crippen molar-refractivity contribution in [3.05, 3.63) is 52.0 Å². The SMILES string of the molecule is O=C(OCCCNOOC(O)(O)O)c1ccc2nc(-c3cc(Cl)cc(Cl)c3)oc2c1. The van der Waals surface area contributed by atoms with E-state index in [-0.39, 0.29) is 18.7 Å². The Balaban J connectivity index is 1.55. The standard InChI is InChI=1S/C18H16Cl2N2O8/c19-12-6-11(7-13(20)9-12)16-22-14-3-2-10(8-15(14)28-16)17(23)27-5-1-4-21-30-29-18(24,25)26/h2-3,6-9,21,24-26H,1,4-5H2. The van der Waals surface area contributed by atoms with Gasteiger partial charge in [0.25, 0.3) is 0 Å². The fourth-order valence-corrected chi connectivity index (χ4v) is 2.90. The number of nitrogens with zero attached hydrogens (tertiary/aromatic N) is 1. The van der Waals surface area contributed by atoms with Gasteiger partial charge in [-0.3, -0.25) is 0 Å². The number of hydrogen-bond acceptors (Lipinski definition) is 10. The molecule has 0 radical (unpaired) electrons. The lowest BCUT2D eigenvalue weighted by Gasteiger charge is -2.12. The summed E-state index contributed by atoms with van der Waals surface area (Å²) >= 11 is 12.0. The Bertz CT molecular complexity index is 1010. The zero-order chi connectivity index (χ0) is 21.7. The number of benzene rings is 2. The van der Waals surface area contributed by atoms with Gasteiger partial charge in [-0.25, -0.2) is 9.78 Å². The molecule has 160 valence electrons. The highest BCUT2D eigenvalue weighted by atomic mass is 35.5.